The standard InChI is InChI=1S/C18H24N2O5S/c21-17(19-15-7-4-14(12-15)18(22)23)13-5-8-16(9-6-13)26(24,25)20-10-2-1-3-11-20/h5-6,8-9,14-15H,1-4,7,10-12H2,(H,19,21)(H,22,23)/t14-,15+/m1/s1. The number of nitrogens with one attached hydrogen (secondary N) is 1. The average molecular weight is 380 g/mol. The summed E-state index contributed by atoms with van der Waals surface area (Å²) in [5.74, 6) is -1.53. The minimum atomic E-state index is -3.51. The highest BCUT2D eigenvalue weighted by molar-refractivity contribution is 7.89. The summed E-state index contributed by atoms with van der Waals surface area (Å²) in [6, 6.07) is 5.80. The summed E-state index contributed by atoms with van der Waals surface area (Å²) in [6.45, 7) is 1.08. The molecule has 2 atom stereocenters. The van der Waals surface area contributed by atoms with E-state index in [2.05, 4.69) is 5.32 Å². The van der Waals surface area contributed by atoms with E-state index in [1.54, 1.807) is 0 Å². The Bertz CT molecular complexity index is 769. The molecule has 2 aliphatic rings. The van der Waals surface area contributed by atoms with Gasteiger partial charge in [-0.2, -0.15) is 4.31 Å². The van der Waals surface area contributed by atoms with E-state index >= 15 is 0 Å². The van der Waals surface area contributed by atoms with Crippen LogP contribution in [0.25, 0.3) is 0 Å². The Hall–Kier alpha value is -1.93. The monoisotopic (exact) mass is 380 g/mol. The predicted octanol–water partition coefficient (Wildman–Crippen LogP) is 1.84. The molecule has 1 aromatic carbocycles. The van der Waals surface area contributed by atoms with Crippen LogP contribution in [0.5, 0.6) is 0 Å². The number of benzene rings is 1. The van der Waals surface area contributed by atoms with Gasteiger partial charge in [-0.1, -0.05) is 6.42 Å². The Morgan fingerprint density at radius 2 is 1.69 bits per heavy atom. The van der Waals surface area contributed by atoms with Crippen molar-refractivity contribution in [2.24, 2.45) is 5.92 Å². The van der Waals surface area contributed by atoms with Gasteiger partial charge in [0.2, 0.25) is 10.0 Å². The van der Waals surface area contributed by atoms with Crippen molar-refractivity contribution >= 4 is 21.9 Å². The molecule has 1 saturated heterocycles. The van der Waals surface area contributed by atoms with Gasteiger partial charge in [-0.15, -0.1) is 0 Å². The molecule has 0 radical (unpaired) electrons. The topological polar surface area (TPSA) is 104 Å². The van der Waals surface area contributed by atoms with Gasteiger partial charge < -0.3 is 10.4 Å². The predicted molar refractivity (Wildman–Crippen MR) is 95.3 cm³/mol. The van der Waals surface area contributed by atoms with E-state index < -0.39 is 21.9 Å². The van der Waals surface area contributed by atoms with Gasteiger partial charge in [-0.3, -0.25) is 9.59 Å². The lowest BCUT2D eigenvalue weighted by Crippen LogP contribution is -2.35. The number of aliphatic carboxylic acids is 1. The minimum absolute atomic E-state index is 0.152. The molecule has 7 nitrogen and oxygen atoms in total. The Morgan fingerprint density at radius 1 is 1.04 bits per heavy atom. The molecule has 1 saturated carbocycles. The maximum Gasteiger partial charge on any atom is 0.306 e. The third-order valence-corrected chi connectivity index (χ3v) is 7.10. The molecule has 3 rings (SSSR count). The van der Waals surface area contributed by atoms with Crippen LogP contribution in [0, 0.1) is 5.92 Å². The average Bonchev–Trinajstić information content (AvgIpc) is 3.11. The Labute approximate surface area is 153 Å². The zero-order chi connectivity index (χ0) is 18.7. The molecule has 0 aromatic heterocycles. The molecule has 2 N–H and O–H groups in total. The molecule has 0 spiro atoms. The summed E-state index contributed by atoms with van der Waals surface area (Å²) < 4.78 is 26.7. The smallest absolute Gasteiger partial charge is 0.306 e. The van der Waals surface area contributed by atoms with Crippen LogP contribution in [0.15, 0.2) is 29.2 Å². The normalized spacial score (nSPS) is 24.3. The highest BCUT2D eigenvalue weighted by Crippen LogP contribution is 2.26. The number of hydrogen-bond donors (Lipinski definition) is 2. The van der Waals surface area contributed by atoms with Gasteiger partial charge in [-0.25, -0.2) is 8.42 Å². The molecule has 1 aliphatic heterocycles. The molecule has 8 heteroatoms. The quantitative estimate of drug-likeness (QED) is 0.811. The van der Waals surface area contributed by atoms with Gasteiger partial charge in [-0.05, 0) is 56.4 Å². The van der Waals surface area contributed by atoms with Crippen molar-refractivity contribution in [3.8, 4) is 0 Å². The van der Waals surface area contributed by atoms with Crippen molar-refractivity contribution in [3.63, 3.8) is 0 Å². The SMILES string of the molecule is O=C(N[C@H]1CC[C@@H](C(=O)O)C1)c1ccc(S(=O)(=O)N2CCCCC2)cc1. The van der Waals surface area contributed by atoms with Crippen molar-refractivity contribution in [2.45, 2.75) is 49.5 Å². The fourth-order valence-electron chi connectivity index (χ4n) is 3.64. The van der Waals surface area contributed by atoms with Gasteiger partial charge in [0.05, 0.1) is 10.8 Å². The summed E-state index contributed by atoms with van der Waals surface area (Å²) in [5, 5.41) is 11.9. The molecule has 2 fully saturated rings. The molecule has 142 valence electrons. The van der Waals surface area contributed by atoms with Gasteiger partial charge >= 0.3 is 5.97 Å². The van der Waals surface area contributed by atoms with Crippen LogP contribution < -0.4 is 5.32 Å². The van der Waals surface area contributed by atoms with E-state index in [-0.39, 0.29) is 16.8 Å². The van der Waals surface area contributed by atoms with Crippen LogP contribution in [0.1, 0.15) is 48.9 Å². The van der Waals surface area contributed by atoms with Crippen molar-refractivity contribution in [3.05, 3.63) is 29.8 Å². The number of piperidine rings is 1. The summed E-state index contributed by atoms with van der Waals surface area (Å²) >= 11 is 0. The Balaban J connectivity index is 1.64. The molecule has 1 heterocycles. The number of sulfonamides is 1. The maximum atomic E-state index is 12.6. The number of carboxylic acid groups (broad SMARTS) is 1. The zero-order valence-electron chi connectivity index (χ0n) is 14.6. The lowest BCUT2D eigenvalue weighted by molar-refractivity contribution is -0.141. The lowest BCUT2D eigenvalue weighted by atomic mass is 10.1. The fraction of sp³-hybridized carbons (Fsp3) is 0.556. The van der Waals surface area contributed by atoms with Crippen molar-refractivity contribution < 1.29 is 23.1 Å². The van der Waals surface area contributed by atoms with Crippen LogP contribution in [0.2, 0.25) is 0 Å². The summed E-state index contributed by atoms with van der Waals surface area (Å²) in [7, 11) is -3.51. The second-order valence-electron chi connectivity index (χ2n) is 7.01. The first-order chi connectivity index (χ1) is 12.4. The first-order valence-electron chi connectivity index (χ1n) is 9.02. The van der Waals surface area contributed by atoms with Gasteiger partial charge in [0.15, 0.2) is 0 Å². The molecule has 0 bridgehead atoms. The third kappa shape index (κ3) is 4.07. The molecular formula is C18H24N2O5S. The van der Waals surface area contributed by atoms with Crippen molar-refractivity contribution in [2.75, 3.05) is 13.1 Å². The first-order valence-corrected chi connectivity index (χ1v) is 10.5. The lowest BCUT2D eigenvalue weighted by Gasteiger charge is -2.25. The Kier molecular flexibility index (Phi) is 5.62. The largest absolute Gasteiger partial charge is 0.481 e. The van der Waals surface area contributed by atoms with E-state index in [1.807, 2.05) is 0 Å². The van der Waals surface area contributed by atoms with Crippen LogP contribution in [0.4, 0.5) is 0 Å². The van der Waals surface area contributed by atoms with E-state index in [4.69, 9.17) is 5.11 Å². The summed E-state index contributed by atoms with van der Waals surface area (Å²) in [5.41, 5.74) is 0.376. The number of rotatable bonds is 5. The third-order valence-electron chi connectivity index (χ3n) is 5.19. The van der Waals surface area contributed by atoms with Gasteiger partial charge in [0.1, 0.15) is 0 Å². The number of carboxylic acids is 1. The number of amides is 1. The van der Waals surface area contributed by atoms with E-state index in [1.165, 1.54) is 28.6 Å². The molecule has 1 aromatic rings. The second kappa shape index (κ2) is 7.75. The molecule has 26 heavy (non-hydrogen) atoms. The zero-order valence-corrected chi connectivity index (χ0v) is 15.4. The van der Waals surface area contributed by atoms with Crippen LogP contribution in [-0.2, 0) is 14.8 Å². The second-order valence-corrected chi connectivity index (χ2v) is 8.95. The highest BCUT2D eigenvalue weighted by Gasteiger charge is 2.31. The summed E-state index contributed by atoms with van der Waals surface area (Å²) in [4.78, 5) is 23.5. The van der Waals surface area contributed by atoms with E-state index in [0.717, 1.165) is 19.3 Å². The van der Waals surface area contributed by atoms with Crippen LogP contribution in [0.3, 0.4) is 0 Å². The molecule has 1 aliphatic carbocycles. The number of hydrogen-bond acceptors (Lipinski definition) is 4. The van der Waals surface area contributed by atoms with Gasteiger partial charge in [0.25, 0.3) is 5.91 Å². The molecule has 1 amide bonds. The van der Waals surface area contributed by atoms with E-state index in [9.17, 15) is 18.0 Å². The van der Waals surface area contributed by atoms with Crippen molar-refractivity contribution in [1.82, 2.24) is 9.62 Å². The highest BCUT2D eigenvalue weighted by atomic mass is 32.2. The number of nitrogens with zero attached hydrogens (tertiary/aromatic N) is 1. The Morgan fingerprint density at radius 3 is 2.27 bits per heavy atom. The van der Waals surface area contributed by atoms with Crippen molar-refractivity contribution in [1.29, 1.82) is 0 Å². The summed E-state index contributed by atoms with van der Waals surface area (Å²) in [6.07, 6.45) is 4.44. The van der Waals surface area contributed by atoms with Gasteiger partial charge in [0, 0.05) is 24.7 Å². The van der Waals surface area contributed by atoms with E-state index in [0.29, 0.717) is 37.9 Å². The van der Waals surface area contributed by atoms with Crippen LogP contribution in [-0.4, -0.2) is 48.8 Å². The fourth-order valence-corrected chi connectivity index (χ4v) is 5.16. The number of carbonyl (C=O) groups excluding carboxylic acids is 1. The first kappa shape index (κ1) is 18.8. The maximum absolute atomic E-state index is 12.6. The minimum Gasteiger partial charge on any atom is -0.481 e. The molecular weight excluding hydrogens is 356 g/mol. The van der Waals surface area contributed by atoms with Crippen LogP contribution >= 0.6 is 0 Å². The number of carbonyl (C=O) groups is 2. The molecule has 0 unspecified atom stereocenters.